The number of hydrogen-bond donors (Lipinski definition) is 0. The second-order valence-corrected chi connectivity index (χ2v) is 5.56. The van der Waals surface area contributed by atoms with Crippen LogP contribution in [-0.4, -0.2) is 73.3 Å². The van der Waals surface area contributed by atoms with Crippen LogP contribution in [0, 0.1) is 0 Å². The van der Waals surface area contributed by atoms with Crippen molar-refractivity contribution in [3.05, 3.63) is 24.2 Å². The van der Waals surface area contributed by atoms with E-state index in [0.29, 0.717) is 38.4 Å². The first-order valence-corrected chi connectivity index (χ1v) is 7.33. The van der Waals surface area contributed by atoms with Crippen molar-refractivity contribution in [2.45, 2.75) is 12.8 Å². The standard InChI is InChI=1S/C15H23N3O3/c1-16(2)7-3-6-14(19)17-8-10-18(11-9-17)15(20)13-5-4-12-21-13/h4-5,12H,3,6-11H2,1-2H3. The molecule has 21 heavy (non-hydrogen) atoms. The van der Waals surface area contributed by atoms with Crippen molar-refractivity contribution in [1.29, 1.82) is 0 Å². The fraction of sp³-hybridized carbons (Fsp3) is 0.600. The van der Waals surface area contributed by atoms with Crippen molar-refractivity contribution in [3.8, 4) is 0 Å². The average Bonchev–Trinajstić information content (AvgIpc) is 3.00. The van der Waals surface area contributed by atoms with E-state index >= 15 is 0 Å². The summed E-state index contributed by atoms with van der Waals surface area (Å²) in [6, 6.07) is 3.37. The first kappa shape index (κ1) is 15.6. The lowest BCUT2D eigenvalue weighted by atomic mass is 10.2. The molecule has 0 radical (unpaired) electrons. The van der Waals surface area contributed by atoms with Crippen molar-refractivity contribution in [1.82, 2.24) is 14.7 Å². The van der Waals surface area contributed by atoms with E-state index in [2.05, 4.69) is 4.90 Å². The van der Waals surface area contributed by atoms with Crippen molar-refractivity contribution in [2.75, 3.05) is 46.8 Å². The van der Waals surface area contributed by atoms with Crippen LogP contribution in [0.5, 0.6) is 0 Å². The van der Waals surface area contributed by atoms with E-state index < -0.39 is 0 Å². The Morgan fingerprint density at radius 3 is 2.43 bits per heavy atom. The molecule has 6 heteroatoms. The molecule has 1 aliphatic heterocycles. The minimum Gasteiger partial charge on any atom is -0.459 e. The molecular formula is C15H23N3O3. The van der Waals surface area contributed by atoms with Gasteiger partial charge in [-0.2, -0.15) is 0 Å². The first-order valence-electron chi connectivity index (χ1n) is 7.33. The summed E-state index contributed by atoms with van der Waals surface area (Å²) in [6.07, 6.45) is 2.94. The number of piperazine rings is 1. The van der Waals surface area contributed by atoms with Gasteiger partial charge in [0.15, 0.2) is 5.76 Å². The van der Waals surface area contributed by atoms with E-state index in [-0.39, 0.29) is 11.8 Å². The first-order chi connectivity index (χ1) is 10.1. The van der Waals surface area contributed by atoms with Gasteiger partial charge < -0.3 is 19.1 Å². The molecule has 1 aliphatic rings. The van der Waals surface area contributed by atoms with Gasteiger partial charge in [-0.1, -0.05) is 0 Å². The van der Waals surface area contributed by atoms with Crippen LogP contribution in [-0.2, 0) is 4.79 Å². The summed E-state index contributed by atoms with van der Waals surface area (Å²) in [5.74, 6) is 0.447. The molecule has 0 spiro atoms. The number of furan rings is 1. The molecule has 0 aliphatic carbocycles. The SMILES string of the molecule is CN(C)CCCC(=O)N1CCN(C(=O)c2ccco2)CC1. The third-order valence-electron chi connectivity index (χ3n) is 3.65. The number of carbonyl (C=O) groups is 2. The average molecular weight is 293 g/mol. The van der Waals surface area contributed by atoms with E-state index in [1.165, 1.54) is 6.26 Å². The Hall–Kier alpha value is -1.82. The summed E-state index contributed by atoms with van der Waals surface area (Å²) in [7, 11) is 4.01. The zero-order chi connectivity index (χ0) is 15.2. The molecule has 2 heterocycles. The van der Waals surface area contributed by atoms with Gasteiger partial charge in [0, 0.05) is 32.6 Å². The van der Waals surface area contributed by atoms with Crippen LogP contribution in [0.2, 0.25) is 0 Å². The molecule has 1 aromatic heterocycles. The van der Waals surface area contributed by atoms with Crippen molar-refractivity contribution in [2.24, 2.45) is 0 Å². The highest BCUT2D eigenvalue weighted by atomic mass is 16.3. The molecule has 0 N–H and O–H groups in total. The number of nitrogens with zero attached hydrogens (tertiary/aromatic N) is 3. The molecule has 0 aromatic carbocycles. The molecule has 1 aromatic rings. The fourth-order valence-electron chi connectivity index (χ4n) is 2.42. The predicted molar refractivity (Wildman–Crippen MR) is 79.0 cm³/mol. The van der Waals surface area contributed by atoms with Crippen molar-refractivity contribution < 1.29 is 14.0 Å². The van der Waals surface area contributed by atoms with Gasteiger partial charge in [-0.05, 0) is 39.2 Å². The highest BCUT2D eigenvalue weighted by Gasteiger charge is 2.25. The molecule has 2 rings (SSSR count). The predicted octanol–water partition coefficient (Wildman–Crippen LogP) is 0.906. The summed E-state index contributed by atoms with van der Waals surface area (Å²) in [6.45, 7) is 3.26. The summed E-state index contributed by atoms with van der Waals surface area (Å²) < 4.78 is 5.12. The lowest BCUT2D eigenvalue weighted by molar-refractivity contribution is -0.132. The highest BCUT2D eigenvalue weighted by molar-refractivity contribution is 5.91. The van der Waals surface area contributed by atoms with Crippen LogP contribution in [0.15, 0.2) is 22.8 Å². The molecule has 0 unspecified atom stereocenters. The van der Waals surface area contributed by atoms with Gasteiger partial charge in [-0.25, -0.2) is 0 Å². The minimum atomic E-state index is -0.0975. The van der Waals surface area contributed by atoms with Crippen LogP contribution in [0.25, 0.3) is 0 Å². The lowest BCUT2D eigenvalue weighted by Gasteiger charge is -2.34. The summed E-state index contributed by atoms with van der Waals surface area (Å²) >= 11 is 0. The van der Waals surface area contributed by atoms with Crippen molar-refractivity contribution in [3.63, 3.8) is 0 Å². The number of amides is 2. The maximum atomic E-state index is 12.1. The second kappa shape index (κ2) is 7.26. The number of hydrogen-bond acceptors (Lipinski definition) is 4. The highest BCUT2D eigenvalue weighted by Crippen LogP contribution is 2.10. The number of carbonyl (C=O) groups excluding carboxylic acids is 2. The normalized spacial score (nSPS) is 15.6. The fourth-order valence-corrected chi connectivity index (χ4v) is 2.42. The molecule has 1 fully saturated rings. The Balaban J connectivity index is 1.75. The molecule has 116 valence electrons. The van der Waals surface area contributed by atoms with Crippen LogP contribution >= 0.6 is 0 Å². The quantitative estimate of drug-likeness (QED) is 0.809. The molecule has 6 nitrogen and oxygen atoms in total. The zero-order valence-electron chi connectivity index (χ0n) is 12.7. The van der Waals surface area contributed by atoms with Gasteiger partial charge in [-0.15, -0.1) is 0 Å². The molecular weight excluding hydrogens is 270 g/mol. The van der Waals surface area contributed by atoms with Gasteiger partial charge in [-0.3, -0.25) is 9.59 Å². The largest absolute Gasteiger partial charge is 0.459 e. The Bertz CT molecular complexity index is 463. The van der Waals surface area contributed by atoms with Crippen LogP contribution in [0.1, 0.15) is 23.4 Å². The van der Waals surface area contributed by atoms with Gasteiger partial charge in [0.2, 0.25) is 5.91 Å². The van der Waals surface area contributed by atoms with Crippen molar-refractivity contribution >= 4 is 11.8 Å². The Morgan fingerprint density at radius 2 is 1.86 bits per heavy atom. The van der Waals surface area contributed by atoms with Crippen LogP contribution in [0.4, 0.5) is 0 Å². The summed E-state index contributed by atoms with van der Waals surface area (Å²) in [5, 5.41) is 0. The Kier molecular flexibility index (Phi) is 5.38. The lowest BCUT2D eigenvalue weighted by Crippen LogP contribution is -2.50. The van der Waals surface area contributed by atoms with E-state index in [9.17, 15) is 9.59 Å². The topological polar surface area (TPSA) is 57.0 Å². The maximum absolute atomic E-state index is 12.1. The monoisotopic (exact) mass is 293 g/mol. The molecule has 0 saturated carbocycles. The van der Waals surface area contributed by atoms with Gasteiger partial charge in [0.25, 0.3) is 5.91 Å². The van der Waals surface area contributed by atoms with E-state index in [1.807, 2.05) is 19.0 Å². The third-order valence-corrected chi connectivity index (χ3v) is 3.65. The second-order valence-electron chi connectivity index (χ2n) is 5.56. The summed E-state index contributed by atoms with van der Waals surface area (Å²) in [5.41, 5.74) is 0. The van der Waals surface area contributed by atoms with E-state index in [4.69, 9.17) is 4.42 Å². The third kappa shape index (κ3) is 4.32. The van der Waals surface area contributed by atoms with E-state index in [0.717, 1.165) is 13.0 Å². The van der Waals surface area contributed by atoms with Crippen LogP contribution in [0.3, 0.4) is 0 Å². The molecule has 1 saturated heterocycles. The molecule has 0 atom stereocenters. The van der Waals surface area contributed by atoms with Gasteiger partial charge >= 0.3 is 0 Å². The van der Waals surface area contributed by atoms with Gasteiger partial charge in [0.1, 0.15) is 0 Å². The smallest absolute Gasteiger partial charge is 0.289 e. The minimum absolute atomic E-state index is 0.0975. The molecule has 2 amide bonds. The zero-order valence-corrected chi connectivity index (χ0v) is 12.7. The Labute approximate surface area is 125 Å². The number of rotatable bonds is 5. The maximum Gasteiger partial charge on any atom is 0.289 e. The summed E-state index contributed by atoms with van der Waals surface area (Å²) in [4.78, 5) is 29.8. The van der Waals surface area contributed by atoms with Crippen LogP contribution < -0.4 is 0 Å². The molecule has 0 bridgehead atoms. The Morgan fingerprint density at radius 1 is 1.19 bits per heavy atom. The van der Waals surface area contributed by atoms with E-state index in [1.54, 1.807) is 17.0 Å². The van der Waals surface area contributed by atoms with Gasteiger partial charge in [0.05, 0.1) is 6.26 Å².